The number of piperidine rings is 1. The average molecular weight is 333 g/mol. The van der Waals surface area contributed by atoms with E-state index in [2.05, 4.69) is 6.92 Å². The summed E-state index contributed by atoms with van der Waals surface area (Å²) >= 11 is 0. The quantitative estimate of drug-likeness (QED) is 0.921. The van der Waals surface area contributed by atoms with Gasteiger partial charge in [0.2, 0.25) is 10.0 Å². The van der Waals surface area contributed by atoms with Crippen LogP contribution in [0.15, 0.2) is 29.2 Å². The molecule has 0 saturated carbocycles. The molecular formula is C15H25ClN2O2S. The molecule has 1 aromatic carbocycles. The number of aryl methyl sites for hydroxylation is 1. The standard InChI is InChI=1S/C15H24N2O2S.ClH/c1-3-13-6-8-15(9-7-13)20(18,19)17-10-4-5-14(11-17)12(2)16;/h6-9,12,14H,3-5,10-11,16H2,1-2H3;1H. The minimum absolute atomic E-state index is 0. The molecule has 2 unspecified atom stereocenters. The van der Waals surface area contributed by atoms with E-state index in [1.54, 1.807) is 16.4 Å². The minimum atomic E-state index is -3.38. The first kappa shape index (κ1) is 18.4. The molecule has 1 aliphatic heterocycles. The number of nitrogens with two attached hydrogens (primary N) is 1. The molecule has 1 fully saturated rings. The van der Waals surface area contributed by atoms with Crippen LogP contribution in [-0.4, -0.2) is 31.9 Å². The molecule has 2 atom stereocenters. The van der Waals surface area contributed by atoms with E-state index in [1.165, 1.54) is 0 Å². The third kappa shape index (κ3) is 4.19. The predicted molar refractivity (Wildman–Crippen MR) is 88.2 cm³/mol. The van der Waals surface area contributed by atoms with Gasteiger partial charge in [-0.05, 0) is 49.8 Å². The molecule has 2 rings (SSSR count). The van der Waals surface area contributed by atoms with E-state index in [4.69, 9.17) is 5.73 Å². The molecule has 0 radical (unpaired) electrons. The fraction of sp³-hybridized carbons (Fsp3) is 0.600. The van der Waals surface area contributed by atoms with Crippen molar-refractivity contribution in [1.29, 1.82) is 0 Å². The van der Waals surface area contributed by atoms with Crippen molar-refractivity contribution in [1.82, 2.24) is 4.31 Å². The molecule has 0 aromatic heterocycles. The number of hydrogen-bond acceptors (Lipinski definition) is 3. The first-order valence-corrected chi connectivity index (χ1v) is 8.74. The fourth-order valence-electron chi connectivity index (χ4n) is 2.67. The van der Waals surface area contributed by atoms with Crippen molar-refractivity contribution in [3.05, 3.63) is 29.8 Å². The SMILES string of the molecule is CCc1ccc(S(=O)(=O)N2CCCC(C(C)N)C2)cc1.Cl. The molecular weight excluding hydrogens is 308 g/mol. The third-order valence-electron chi connectivity index (χ3n) is 4.13. The Morgan fingerprint density at radius 2 is 1.95 bits per heavy atom. The summed E-state index contributed by atoms with van der Waals surface area (Å²) < 4.78 is 26.9. The molecule has 1 aromatic rings. The van der Waals surface area contributed by atoms with Crippen LogP contribution in [0.3, 0.4) is 0 Å². The number of nitrogens with zero attached hydrogens (tertiary/aromatic N) is 1. The Kier molecular flexibility index (Phi) is 6.66. The Labute approximate surface area is 134 Å². The smallest absolute Gasteiger partial charge is 0.243 e. The van der Waals surface area contributed by atoms with E-state index >= 15 is 0 Å². The van der Waals surface area contributed by atoms with Crippen LogP contribution in [0.4, 0.5) is 0 Å². The summed E-state index contributed by atoms with van der Waals surface area (Å²) in [6, 6.07) is 7.24. The van der Waals surface area contributed by atoms with Crippen LogP contribution in [-0.2, 0) is 16.4 Å². The summed E-state index contributed by atoms with van der Waals surface area (Å²) in [5, 5.41) is 0. The van der Waals surface area contributed by atoms with Gasteiger partial charge in [0.25, 0.3) is 0 Å². The number of hydrogen-bond donors (Lipinski definition) is 1. The topological polar surface area (TPSA) is 63.4 Å². The van der Waals surface area contributed by atoms with Crippen LogP contribution in [0.5, 0.6) is 0 Å². The van der Waals surface area contributed by atoms with Gasteiger partial charge in [0.15, 0.2) is 0 Å². The monoisotopic (exact) mass is 332 g/mol. The normalized spacial score (nSPS) is 21.6. The highest BCUT2D eigenvalue weighted by atomic mass is 35.5. The summed E-state index contributed by atoms with van der Waals surface area (Å²) in [6.07, 6.45) is 2.81. The first-order chi connectivity index (χ1) is 9.45. The van der Waals surface area contributed by atoms with Gasteiger partial charge in [0, 0.05) is 19.1 Å². The van der Waals surface area contributed by atoms with Gasteiger partial charge in [-0.2, -0.15) is 4.31 Å². The maximum atomic E-state index is 12.6. The van der Waals surface area contributed by atoms with Crippen LogP contribution in [0.2, 0.25) is 0 Å². The van der Waals surface area contributed by atoms with E-state index in [0.717, 1.165) is 24.8 Å². The molecule has 0 bridgehead atoms. The molecule has 21 heavy (non-hydrogen) atoms. The van der Waals surface area contributed by atoms with E-state index in [1.807, 2.05) is 19.1 Å². The van der Waals surface area contributed by atoms with Gasteiger partial charge in [0.05, 0.1) is 4.90 Å². The lowest BCUT2D eigenvalue weighted by Gasteiger charge is -2.33. The second kappa shape index (κ2) is 7.58. The van der Waals surface area contributed by atoms with Crippen molar-refractivity contribution < 1.29 is 8.42 Å². The second-order valence-electron chi connectivity index (χ2n) is 5.62. The highest BCUT2D eigenvalue weighted by Gasteiger charge is 2.31. The number of benzene rings is 1. The molecule has 6 heteroatoms. The van der Waals surface area contributed by atoms with Gasteiger partial charge in [0.1, 0.15) is 0 Å². The van der Waals surface area contributed by atoms with Crippen molar-refractivity contribution in [3.8, 4) is 0 Å². The zero-order valence-corrected chi connectivity index (χ0v) is 14.3. The van der Waals surface area contributed by atoms with Gasteiger partial charge in [-0.3, -0.25) is 0 Å². The van der Waals surface area contributed by atoms with Crippen LogP contribution in [0.25, 0.3) is 0 Å². The van der Waals surface area contributed by atoms with Crippen LogP contribution in [0.1, 0.15) is 32.3 Å². The molecule has 0 amide bonds. The summed E-state index contributed by atoms with van der Waals surface area (Å²) in [4.78, 5) is 0.389. The van der Waals surface area contributed by atoms with E-state index < -0.39 is 10.0 Å². The Bertz CT molecular complexity index is 543. The maximum absolute atomic E-state index is 12.6. The molecule has 4 nitrogen and oxygen atoms in total. The van der Waals surface area contributed by atoms with Crippen LogP contribution in [0, 0.1) is 5.92 Å². The van der Waals surface area contributed by atoms with Crippen molar-refractivity contribution in [2.45, 2.75) is 44.0 Å². The molecule has 2 N–H and O–H groups in total. The van der Waals surface area contributed by atoms with Gasteiger partial charge in [-0.1, -0.05) is 19.1 Å². The lowest BCUT2D eigenvalue weighted by atomic mass is 9.93. The van der Waals surface area contributed by atoms with Gasteiger partial charge >= 0.3 is 0 Å². The maximum Gasteiger partial charge on any atom is 0.243 e. The zero-order chi connectivity index (χ0) is 14.8. The Morgan fingerprint density at radius 3 is 2.48 bits per heavy atom. The molecule has 1 aliphatic rings. The van der Waals surface area contributed by atoms with E-state index in [-0.39, 0.29) is 24.4 Å². The fourth-order valence-corrected chi connectivity index (χ4v) is 4.20. The third-order valence-corrected chi connectivity index (χ3v) is 6.01. The van der Waals surface area contributed by atoms with Crippen molar-refractivity contribution >= 4 is 22.4 Å². The minimum Gasteiger partial charge on any atom is -0.328 e. The Hall–Kier alpha value is -0.620. The molecule has 120 valence electrons. The Morgan fingerprint density at radius 1 is 1.33 bits per heavy atom. The number of halogens is 1. The van der Waals surface area contributed by atoms with Gasteiger partial charge in [-0.15, -0.1) is 12.4 Å². The van der Waals surface area contributed by atoms with E-state index in [0.29, 0.717) is 18.0 Å². The van der Waals surface area contributed by atoms with Crippen molar-refractivity contribution in [3.63, 3.8) is 0 Å². The van der Waals surface area contributed by atoms with Crippen molar-refractivity contribution in [2.75, 3.05) is 13.1 Å². The summed E-state index contributed by atoms with van der Waals surface area (Å²) in [5.41, 5.74) is 7.08. The number of rotatable bonds is 4. The van der Waals surface area contributed by atoms with Crippen molar-refractivity contribution in [2.24, 2.45) is 11.7 Å². The van der Waals surface area contributed by atoms with Gasteiger partial charge < -0.3 is 5.73 Å². The first-order valence-electron chi connectivity index (χ1n) is 7.30. The lowest BCUT2D eigenvalue weighted by Crippen LogP contribution is -2.44. The van der Waals surface area contributed by atoms with Gasteiger partial charge in [-0.25, -0.2) is 8.42 Å². The second-order valence-corrected chi connectivity index (χ2v) is 7.56. The zero-order valence-electron chi connectivity index (χ0n) is 12.7. The molecule has 0 aliphatic carbocycles. The lowest BCUT2D eigenvalue weighted by molar-refractivity contribution is 0.243. The molecule has 0 spiro atoms. The molecule has 1 saturated heterocycles. The summed E-state index contributed by atoms with van der Waals surface area (Å²) in [7, 11) is -3.38. The summed E-state index contributed by atoms with van der Waals surface area (Å²) in [6.45, 7) is 5.15. The van der Waals surface area contributed by atoms with E-state index in [9.17, 15) is 8.42 Å². The highest BCUT2D eigenvalue weighted by molar-refractivity contribution is 7.89. The molecule has 1 heterocycles. The largest absolute Gasteiger partial charge is 0.328 e. The van der Waals surface area contributed by atoms with Crippen LogP contribution >= 0.6 is 12.4 Å². The Balaban J connectivity index is 0.00000220. The average Bonchev–Trinajstić information content (AvgIpc) is 2.47. The summed E-state index contributed by atoms with van der Waals surface area (Å²) in [5.74, 6) is 0.258. The van der Waals surface area contributed by atoms with Crippen LogP contribution < -0.4 is 5.73 Å². The number of sulfonamides is 1. The predicted octanol–water partition coefficient (Wildman–Crippen LogP) is 2.42. The highest BCUT2D eigenvalue weighted by Crippen LogP contribution is 2.25.